The zero-order valence-corrected chi connectivity index (χ0v) is 9.94. The van der Waals surface area contributed by atoms with Crippen LogP contribution in [0.25, 0.3) is 11.0 Å². The summed E-state index contributed by atoms with van der Waals surface area (Å²) in [4.78, 5) is 8.40. The highest BCUT2D eigenvalue weighted by Gasteiger charge is 2.05. The third kappa shape index (κ3) is 1.93. The molecule has 0 amide bonds. The van der Waals surface area contributed by atoms with Crippen molar-refractivity contribution in [2.24, 2.45) is 0 Å². The SMILES string of the molecule is Nc1[nH]nc2nc(Nc3ccc(Cl)cc3)ncc12. The molecule has 0 aliphatic heterocycles. The van der Waals surface area contributed by atoms with Crippen molar-refractivity contribution in [3.8, 4) is 0 Å². The summed E-state index contributed by atoms with van der Waals surface area (Å²) in [6.07, 6.45) is 1.62. The molecule has 4 N–H and O–H groups in total. The highest BCUT2D eigenvalue weighted by atomic mass is 35.5. The molecule has 0 saturated carbocycles. The van der Waals surface area contributed by atoms with Crippen LogP contribution in [0.1, 0.15) is 0 Å². The molecule has 2 aromatic heterocycles. The molecule has 3 rings (SSSR count). The van der Waals surface area contributed by atoms with Crippen molar-refractivity contribution in [1.29, 1.82) is 0 Å². The molecule has 0 aliphatic rings. The number of nitrogens with one attached hydrogen (secondary N) is 2. The van der Waals surface area contributed by atoms with Gasteiger partial charge in [0.15, 0.2) is 5.65 Å². The number of H-pyrrole nitrogens is 1. The fourth-order valence-corrected chi connectivity index (χ4v) is 1.67. The maximum atomic E-state index is 5.81. The molecular formula is C11H9ClN6. The highest BCUT2D eigenvalue weighted by molar-refractivity contribution is 6.30. The molecule has 0 spiro atoms. The number of nitrogens with two attached hydrogens (primary N) is 1. The number of aromatic nitrogens is 4. The van der Waals surface area contributed by atoms with Gasteiger partial charge in [-0.1, -0.05) is 11.6 Å². The lowest BCUT2D eigenvalue weighted by Crippen LogP contribution is -1.96. The Morgan fingerprint density at radius 3 is 2.78 bits per heavy atom. The van der Waals surface area contributed by atoms with Crippen LogP contribution in [0, 0.1) is 0 Å². The lowest BCUT2D eigenvalue weighted by atomic mass is 10.3. The first kappa shape index (κ1) is 10.8. The Balaban J connectivity index is 1.92. The lowest BCUT2D eigenvalue weighted by Gasteiger charge is -2.03. The molecule has 0 unspecified atom stereocenters. The van der Waals surface area contributed by atoms with E-state index < -0.39 is 0 Å². The molecule has 6 nitrogen and oxygen atoms in total. The Morgan fingerprint density at radius 1 is 1.22 bits per heavy atom. The van der Waals surface area contributed by atoms with Gasteiger partial charge in [0.1, 0.15) is 5.82 Å². The number of hydrogen-bond acceptors (Lipinski definition) is 5. The predicted octanol–water partition coefficient (Wildman–Crippen LogP) is 2.33. The first-order valence-electron chi connectivity index (χ1n) is 5.21. The molecule has 90 valence electrons. The molecule has 1 aromatic carbocycles. The van der Waals surface area contributed by atoms with Gasteiger partial charge in [0.2, 0.25) is 5.95 Å². The number of anilines is 3. The predicted molar refractivity (Wildman–Crippen MR) is 70.8 cm³/mol. The van der Waals surface area contributed by atoms with Crippen molar-refractivity contribution in [2.75, 3.05) is 11.1 Å². The summed E-state index contributed by atoms with van der Waals surface area (Å²) in [5.74, 6) is 0.916. The van der Waals surface area contributed by atoms with Crippen molar-refractivity contribution in [3.05, 3.63) is 35.5 Å². The third-order valence-electron chi connectivity index (χ3n) is 2.44. The van der Waals surface area contributed by atoms with Crippen LogP contribution in [-0.4, -0.2) is 20.2 Å². The fourth-order valence-electron chi connectivity index (χ4n) is 1.54. The van der Waals surface area contributed by atoms with Gasteiger partial charge in [0.05, 0.1) is 5.39 Å². The number of rotatable bonds is 2. The number of benzene rings is 1. The maximum absolute atomic E-state index is 5.81. The van der Waals surface area contributed by atoms with Crippen LogP contribution in [-0.2, 0) is 0 Å². The minimum absolute atomic E-state index is 0.455. The van der Waals surface area contributed by atoms with Crippen LogP contribution in [0.2, 0.25) is 5.02 Å². The highest BCUT2D eigenvalue weighted by Crippen LogP contribution is 2.19. The van der Waals surface area contributed by atoms with Crippen molar-refractivity contribution < 1.29 is 0 Å². The quantitative estimate of drug-likeness (QED) is 0.658. The number of hydrogen-bond donors (Lipinski definition) is 3. The summed E-state index contributed by atoms with van der Waals surface area (Å²) in [5.41, 5.74) is 7.04. The number of nitrogens with zero attached hydrogens (tertiary/aromatic N) is 3. The van der Waals surface area contributed by atoms with E-state index in [0.29, 0.717) is 27.8 Å². The van der Waals surface area contributed by atoms with Gasteiger partial charge < -0.3 is 11.1 Å². The van der Waals surface area contributed by atoms with Gasteiger partial charge in [-0.25, -0.2) is 4.98 Å². The minimum Gasteiger partial charge on any atom is -0.383 e. The monoisotopic (exact) mass is 260 g/mol. The van der Waals surface area contributed by atoms with Crippen molar-refractivity contribution in [2.45, 2.75) is 0 Å². The van der Waals surface area contributed by atoms with Crippen LogP contribution in [0.5, 0.6) is 0 Å². The average Bonchev–Trinajstić information content (AvgIpc) is 2.74. The topological polar surface area (TPSA) is 92.5 Å². The van der Waals surface area contributed by atoms with Gasteiger partial charge in [-0.3, -0.25) is 5.10 Å². The summed E-state index contributed by atoms with van der Waals surface area (Å²) < 4.78 is 0. The molecule has 0 radical (unpaired) electrons. The van der Waals surface area contributed by atoms with E-state index in [1.165, 1.54) is 0 Å². The fraction of sp³-hybridized carbons (Fsp3) is 0. The number of nitrogen functional groups attached to an aromatic ring is 1. The Bertz CT molecular complexity index is 690. The molecule has 7 heteroatoms. The number of fused-ring (bicyclic) bond motifs is 1. The zero-order chi connectivity index (χ0) is 12.5. The third-order valence-corrected chi connectivity index (χ3v) is 2.69. The molecule has 0 aliphatic carbocycles. The Hall–Kier alpha value is -2.34. The summed E-state index contributed by atoms with van der Waals surface area (Å²) in [5, 5.41) is 11.1. The molecule has 0 atom stereocenters. The lowest BCUT2D eigenvalue weighted by molar-refractivity contribution is 1.09. The smallest absolute Gasteiger partial charge is 0.229 e. The standard InChI is InChI=1S/C11H9ClN6/c12-6-1-3-7(4-2-6)15-11-14-5-8-9(13)17-18-10(8)16-11/h1-5H,(H4,13,14,15,16,17,18). The van der Waals surface area contributed by atoms with E-state index in [4.69, 9.17) is 17.3 Å². The molecule has 0 bridgehead atoms. The summed E-state index contributed by atoms with van der Waals surface area (Å²) in [6.45, 7) is 0. The van der Waals surface area contributed by atoms with E-state index in [2.05, 4.69) is 25.5 Å². The second kappa shape index (κ2) is 4.15. The van der Waals surface area contributed by atoms with Gasteiger partial charge in [-0.2, -0.15) is 10.1 Å². The Kier molecular flexibility index (Phi) is 2.49. The molecule has 0 fully saturated rings. The van der Waals surface area contributed by atoms with Crippen molar-refractivity contribution in [1.82, 2.24) is 20.2 Å². The first-order valence-corrected chi connectivity index (χ1v) is 5.59. The van der Waals surface area contributed by atoms with E-state index in [1.807, 2.05) is 12.1 Å². The van der Waals surface area contributed by atoms with E-state index >= 15 is 0 Å². The van der Waals surface area contributed by atoms with E-state index in [9.17, 15) is 0 Å². The van der Waals surface area contributed by atoms with Gasteiger partial charge in [0.25, 0.3) is 0 Å². The van der Waals surface area contributed by atoms with Gasteiger partial charge in [-0.15, -0.1) is 0 Å². The Morgan fingerprint density at radius 2 is 2.00 bits per heavy atom. The van der Waals surface area contributed by atoms with E-state index in [-0.39, 0.29) is 0 Å². The summed E-state index contributed by atoms with van der Waals surface area (Å²) in [6, 6.07) is 7.26. The van der Waals surface area contributed by atoms with Crippen LogP contribution < -0.4 is 11.1 Å². The molecule has 18 heavy (non-hydrogen) atoms. The number of aromatic amines is 1. The van der Waals surface area contributed by atoms with Crippen LogP contribution in [0.4, 0.5) is 17.5 Å². The van der Waals surface area contributed by atoms with E-state index in [1.54, 1.807) is 18.3 Å². The zero-order valence-electron chi connectivity index (χ0n) is 9.18. The van der Waals surface area contributed by atoms with Crippen LogP contribution >= 0.6 is 11.6 Å². The van der Waals surface area contributed by atoms with Crippen molar-refractivity contribution >= 4 is 40.1 Å². The van der Waals surface area contributed by atoms with Gasteiger partial charge in [-0.05, 0) is 24.3 Å². The molecular weight excluding hydrogens is 252 g/mol. The van der Waals surface area contributed by atoms with Gasteiger partial charge >= 0.3 is 0 Å². The first-order chi connectivity index (χ1) is 8.72. The molecule has 3 aromatic rings. The summed E-state index contributed by atoms with van der Waals surface area (Å²) in [7, 11) is 0. The normalized spacial score (nSPS) is 10.7. The summed E-state index contributed by atoms with van der Waals surface area (Å²) >= 11 is 5.81. The Labute approximate surface area is 107 Å². The number of halogens is 1. The van der Waals surface area contributed by atoms with Crippen LogP contribution in [0.15, 0.2) is 30.5 Å². The van der Waals surface area contributed by atoms with Crippen LogP contribution in [0.3, 0.4) is 0 Å². The average molecular weight is 261 g/mol. The second-order valence-electron chi connectivity index (χ2n) is 3.70. The maximum Gasteiger partial charge on any atom is 0.229 e. The molecule has 0 saturated heterocycles. The van der Waals surface area contributed by atoms with Crippen molar-refractivity contribution in [3.63, 3.8) is 0 Å². The minimum atomic E-state index is 0.455. The largest absolute Gasteiger partial charge is 0.383 e. The van der Waals surface area contributed by atoms with E-state index in [0.717, 1.165) is 5.69 Å². The van der Waals surface area contributed by atoms with Gasteiger partial charge in [0, 0.05) is 16.9 Å². The second-order valence-corrected chi connectivity index (χ2v) is 4.14. The molecule has 2 heterocycles.